The second-order valence-corrected chi connectivity index (χ2v) is 7.59. The third-order valence-corrected chi connectivity index (χ3v) is 5.92. The molecular formula is C19H19BrO2. The highest BCUT2D eigenvalue weighted by Crippen LogP contribution is 2.56. The zero-order valence-electron chi connectivity index (χ0n) is 13.1. The van der Waals surface area contributed by atoms with Crippen molar-refractivity contribution in [1.29, 1.82) is 0 Å². The molecule has 1 aliphatic heterocycles. The first-order valence-electron chi connectivity index (χ1n) is 7.66. The maximum atomic E-state index is 5.62. The van der Waals surface area contributed by atoms with Gasteiger partial charge in [0.25, 0.3) is 0 Å². The Balaban J connectivity index is 1.85. The molecule has 1 atom stereocenters. The van der Waals surface area contributed by atoms with Crippen molar-refractivity contribution in [2.75, 3.05) is 6.79 Å². The van der Waals surface area contributed by atoms with Crippen molar-refractivity contribution in [2.24, 2.45) is 5.41 Å². The van der Waals surface area contributed by atoms with Crippen molar-refractivity contribution in [3.8, 4) is 11.5 Å². The highest BCUT2D eigenvalue weighted by Gasteiger charge is 2.40. The normalized spacial score (nSPS) is 21.9. The fraction of sp³-hybridized carbons (Fsp3) is 0.368. The first-order valence-corrected chi connectivity index (χ1v) is 8.46. The molecule has 0 radical (unpaired) electrons. The summed E-state index contributed by atoms with van der Waals surface area (Å²) >= 11 is 3.71. The number of halogens is 1. The highest BCUT2D eigenvalue weighted by atomic mass is 79.9. The standard InChI is InChI=1S/C19H19BrO2/c1-11-8-14-13(9-15-18(17(14)20)22-10-21-15)16(11)19(2,3)12-6-4-5-7-12/h4-6,8-9,16H,7,10H2,1-3H3. The minimum absolute atomic E-state index is 0.0858. The summed E-state index contributed by atoms with van der Waals surface area (Å²) in [5.41, 5.74) is 5.56. The molecule has 0 amide bonds. The number of rotatable bonds is 2. The summed E-state index contributed by atoms with van der Waals surface area (Å²) in [6.45, 7) is 7.24. The zero-order chi connectivity index (χ0) is 15.5. The lowest BCUT2D eigenvalue weighted by atomic mass is 9.68. The molecule has 0 spiro atoms. The molecule has 0 N–H and O–H groups in total. The highest BCUT2D eigenvalue weighted by molar-refractivity contribution is 9.10. The predicted molar refractivity (Wildman–Crippen MR) is 92.3 cm³/mol. The van der Waals surface area contributed by atoms with Crippen LogP contribution in [0.25, 0.3) is 6.08 Å². The number of fused-ring (bicyclic) bond motifs is 2. The quantitative estimate of drug-likeness (QED) is 0.685. The second-order valence-electron chi connectivity index (χ2n) is 6.79. The maximum absolute atomic E-state index is 5.62. The van der Waals surface area contributed by atoms with E-state index in [0.717, 1.165) is 22.4 Å². The van der Waals surface area contributed by atoms with Crippen molar-refractivity contribution < 1.29 is 9.47 Å². The second kappa shape index (κ2) is 4.76. The Morgan fingerprint density at radius 1 is 1.27 bits per heavy atom. The molecule has 0 fully saturated rings. The van der Waals surface area contributed by atoms with Crippen LogP contribution in [-0.2, 0) is 0 Å². The Bertz CT molecular complexity index is 753. The van der Waals surface area contributed by atoms with Crippen LogP contribution in [0.4, 0.5) is 0 Å². The monoisotopic (exact) mass is 358 g/mol. The smallest absolute Gasteiger partial charge is 0.231 e. The average Bonchev–Trinajstić information content (AvgIpc) is 3.16. The van der Waals surface area contributed by atoms with Crippen LogP contribution in [0.15, 0.2) is 39.9 Å². The molecule has 2 aliphatic carbocycles. The molecule has 0 saturated carbocycles. The summed E-state index contributed by atoms with van der Waals surface area (Å²) in [4.78, 5) is 0. The lowest BCUT2D eigenvalue weighted by Crippen LogP contribution is -2.24. The van der Waals surface area contributed by atoms with Crippen LogP contribution >= 0.6 is 15.9 Å². The van der Waals surface area contributed by atoms with Crippen LogP contribution in [0.2, 0.25) is 0 Å². The van der Waals surface area contributed by atoms with Gasteiger partial charge in [-0.2, -0.15) is 0 Å². The molecule has 4 rings (SSSR count). The number of allylic oxidation sites excluding steroid dienone is 5. The molecule has 0 bridgehead atoms. The summed E-state index contributed by atoms with van der Waals surface area (Å²) in [6, 6.07) is 2.17. The summed E-state index contributed by atoms with van der Waals surface area (Å²) in [7, 11) is 0. The third-order valence-electron chi connectivity index (χ3n) is 5.13. The van der Waals surface area contributed by atoms with E-state index < -0.39 is 0 Å². The molecule has 1 heterocycles. The fourth-order valence-electron chi connectivity index (χ4n) is 4.05. The minimum Gasteiger partial charge on any atom is -0.454 e. The minimum atomic E-state index is 0.0858. The molecule has 3 heteroatoms. The van der Waals surface area contributed by atoms with E-state index in [1.807, 2.05) is 0 Å². The summed E-state index contributed by atoms with van der Waals surface area (Å²) in [5.74, 6) is 2.07. The van der Waals surface area contributed by atoms with Crippen LogP contribution in [0.3, 0.4) is 0 Å². The van der Waals surface area contributed by atoms with E-state index in [-0.39, 0.29) is 5.41 Å². The predicted octanol–water partition coefficient (Wildman–Crippen LogP) is 5.59. The summed E-state index contributed by atoms with van der Waals surface area (Å²) in [6.07, 6.45) is 10.0. The van der Waals surface area contributed by atoms with Gasteiger partial charge in [0.15, 0.2) is 11.5 Å². The van der Waals surface area contributed by atoms with E-state index in [1.165, 1.54) is 22.3 Å². The molecule has 0 aromatic heterocycles. The molecule has 2 nitrogen and oxygen atoms in total. The molecule has 1 unspecified atom stereocenters. The van der Waals surface area contributed by atoms with Crippen LogP contribution in [-0.4, -0.2) is 6.79 Å². The van der Waals surface area contributed by atoms with Gasteiger partial charge in [-0.15, -0.1) is 0 Å². The third kappa shape index (κ3) is 1.84. The van der Waals surface area contributed by atoms with E-state index in [1.54, 1.807) is 0 Å². The van der Waals surface area contributed by atoms with Gasteiger partial charge in [-0.25, -0.2) is 0 Å². The number of benzene rings is 1. The first kappa shape index (κ1) is 14.1. The van der Waals surface area contributed by atoms with Crippen molar-refractivity contribution >= 4 is 22.0 Å². The van der Waals surface area contributed by atoms with Crippen LogP contribution in [0.5, 0.6) is 11.5 Å². The van der Waals surface area contributed by atoms with Gasteiger partial charge in [0.1, 0.15) is 0 Å². The zero-order valence-corrected chi connectivity index (χ0v) is 14.7. The van der Waals surface area contributed by atoms with E-state index in [0.29, 0.717) is 12.7 Å². The molecule has 114 valence electrons. The van der Waals surface area contributed by atoms with Gasteiger partial charge in [-0.3, -0.25) is 0 Å². The number of hydrogen-bond acceptors (Lipinski definition) is 2. The SMILES string of the molecule is CC1=Cc2c(cc3c(c2Br)OCO3)C1C(C)(C)C1=CC=CC1. The van der Waals surface area contributed by atoms with E-state index >= 15 is 0 Å². The van der Waals surface area contributed by atoms with Gasteiger partial charge in [0.2, 0.25) is 6.79 Å². The number of ether oxygens (including phenoxy) is 2. The fourth-order valence-corrected chi connectivity index (χ4v) is 4.70. The van der Waals surface area contributed by atoms with Crippen molar-refractivity contribution in [3.63, 3.8) is 0 Å². The topological polar surface area (TPSA) is 18.5 Å². The van der Waals surface area contributed by atoms with Gasteiger partial charge in [-0.05, 0) is 51.9 Å². The van der Waals surface area contributed by atoms with E-state index in [9.17, 15) is 0 Å². The van der Waals surface area contributed by atoms with Crippen LogP contribution < -0.4 is 9.47 Å². The number of hydrogen-bond donors (Lipinski definition) is 0. The summed E-state index contributed by atoms with van der Waals surface area (Å²) in [5, 5.41) is 0. The van der Waals surface area contributed by atoms with E-state index in [2.05, 4.69) is 67.1 Å². The first-order chi connectivity index (χ1) is 10.5. The maximum Gasteiger partial charge on any atom is 0.231 e. The lowest BCUT2D eigenvalue weighted by molar-refractivity contribution is 0.173. The Morgan fingerprint density at radius 2 is 2.09 bits per heavy atom. The Labute approximate surface area is 139 Å². The molecule has 1 aromatic carbocycles. The molecular weight excluding hydrogens is 340 g/mol. The van der Waals surface area contributed by atoms with Gasteiger partial charge in [0, 0.05) is 5.92 Å². The average molecular weight is 359 g/mol. The molecule has 22 heavy (non-hydrogen) atoms. The largest absolute Gasteiger partial charge is 0.454 e. The molecule has 0 saturated heterocycles. The van der Waals surface area contributed by atoms with Gasteiger partial charge in [0.05, 0.1) is 4.47 Å². The van der Waals surface area contributed by atoms with Crippen molar-refractivity contribution in [3.05, 3.63) is 51.0 Å². The molecule has 1 aromatic rings. The van der Waals surface area contributed by atoms with Crippen molar-refractivity contribution in [2.45, 2.75) is 33.1 Å². The Morgan fingerprint density at radius 3 is 2.82 bits per heavy atom. The lowest BCUT2D eigenvalue weighted by Gasteiger charge is -2.35. The van der Waals surface area contributed by atoms with Gasteiger partial charge < -0.3 is 9.47 Å². The summed E-state index contributed by atoms with van der Waals surface area (Å²) < 4.78 is 12.2. The van der Waals surface area contributed by atoms with E-state index in [4.69, 9.17) is 9.47 Å². The Kier molecular flexibility index (Phi) is 3.06. The Hall–Kier alpha value is -1.48. The van der Waals surface area contributed by atoms with Gasteiger partial charge >= 0.3 is 0 Å². The van der Waals surface area contributed by atoms with Crippen LogP contribution in [0, 0.1) is 5.41 Å². The van der Waals surface area contributed by atoms with Crippen molar-refractivity contribution in [1.82, 2.24) is 0 Å². The van der Waals surface area contributed by atoms with Crippen LogP contribution in [0.1, 0.15) is 44.2 Å². The van der Waals surface area contributed by atoms with Gasteiger partial charge in [-0.1, -0.05) is 49.3 Å². The molecule has 3 aliphatic rings.